The summed E-state index contributed by atoms with van der Waals surface area (Å²) in [5, 5.41) is 5.36. The molecule has 0 unspecified atom stereocenters. The maximum Gasteiger partial charge on any atom is 0.251 e. The van der Waals surface area contributed by atoms with Gasteiger partial charge >= 0.3 is 0 Å². The lowest BCUT2D eigenvalue weighted by Crippen LogP contribution is -2.26. The number of fused-ring (bicyclic) bond motifs is 1. The number of carbonyl (C=O) groups is 1. The summed E-state index contributed by atoms with van der Waals surface area (Å²) in [7, 11) is 0. The van der Waals surface area contributed by atoms with Crippen molar-refractivity contribution < 1.29 is 4.79 Å². The van der Waals surface area contributed by atoms with Crippen LogP contribution in [0.25, 0.3) is 10.8 Å². The Morgan fingerprint density at radius 2 is 1.64 bits per heavy atom. The van der Waals surface area contributed by atoms with Crippen LogP contribution in [-0.4, -0.2) is 12.5 Å². The quantitative estimate of drug-likeness (QED) is 0.715. The summed E-state index contributed by atoms with van der Waals surface area (Å²) in [6.45, 7) is 5.24. The molecule has 0 bridgehead atoms. The molecule has 2 heteroatoms. The first-order chi connectivity index (χ1) is 10.7. The zero-order chi connectivity index (χ0) is 15.8. The average Bonchev–Trinajstić information content (AvgIpc) is 2.54. The Hall–Kier alpha value is -1.83. The average molecular weight is 297 g/mol. The molecule has 0 atom stereocenters. The molecule has 0 aromatic heterocycles. The van der Waals surface area contributed by atoms with Gasteiger partial charge in [0.05, 0.1) is 0 Å². The molecule has 2 aromatic carbocycles. The molecule has 2 aromatic rings. The lowest BCUT2D eigenvalue weighted by molar-refractivity contribution is 0.0951. The Labute approximate surface area is 133 Å². The Morgan fingerprint density at radius 1 is 0.955 bits per heavy atom. The molecule has 1 amide bonds. The number of amides is 1. The van der Waals surface area contributed by atoms with Crippen molar-refractivity contribution in [1.29, 1.82) is 0 Å². The van der Waals surface area contributed by atoms with Crippen LogP contribution in [0.3, 0.4) is 0 Å². The highest BCUT2D eigenvalue weighted by Crippen LogP contribution is 2.18. The largest absolute Gasteiger partial charge is 0.352 e. The summed E-state index contributed by atoms with van der Waals surface area (Å²) in [6.07, 6.45) is 6.06. The smallest absolute Gasteiger partial charge is 0.251 e. The summed E-state index contributed by atoms with van der Waals surface area (Å²) in [4.78, 5) is 12.3. The number of hydrogen-bond acceptors (Lipinski definition) is 1. The lowest BCUT2D eigenvalue weighted by Gasteiger charge is -2.15. The van der Waals surface area contributed by atoms with Crippen LogP contribution in [0.2, 0.25) is 0 Å². The number of benzene rings is 2. The molecule has 118 valence electrons. The molecule has 0 aliphatic heterocycles. The summed E-state index contributed by atoms with van der Waals surface area (Å²) in [5.74, 6) is 0.782. The van der Waals surface area contributed by atoms with Gasteiger partial charge in [0.2, 0.25) is 0 Å². The molecule has 0 aliphatic rings. The fourth-order valence-electron chi connectivity index (χ4n) is 3.07. The summed E-state index contributed by atoms with van der Waals surface area (Å²) in [5.41, 5.74) is 0.751. The van der Waals surface area contributed by atoms with Crippen LogP contribution in [0.5, 0.6) is 0 Å². The molecule has 0 aliphatic carbocycles. The lowest BCUT2D eigenvalue weighted by atomic mass is 9.95. The minimum atomic E-state index is 0.0394. The topological polar surface area (TPSA) is 29.1 Å². The normalized spacial score (nSPS) is 11.0. The minimum absolute atomic E-state index is 0.0394. The van der Waals surface area contributed by atoms with E-state index in [-0.39, 0.29) is 5.91 Å². The third-order valence-corrected chi connectivity index (χ3v) is 4.24. The van der Waals surface area contributed by atoms with E-state index in [4.69, 9.17) is 0 Å². The van der Waals surface area contributed by atoms with Crippen LogP contribution in [0.1, 0.15) is 56.3 Å². The van der Waals surface area contributed by atoms with Gasteiger partial charge in [0.15, 0.2) is 0 Å². The van der Waals surface area contributed by atoms with E-state index in [1.54, 1.807) is 0 Å². The zero-order valence-corrected chi connectivity index (χ0v) is 13.8. The van der Waals surface area contributed by atoms with Gasteiger partial charge < -0.3 is 5.32 Å². The predicted molar refractivity (Wildman–Crippen MR) is 94.2 cm³/mol. The second-order valence-corrected chi connectivity index (χ2v) is 6.05. The molecule has 0 fully saturated rings. The van der Waals surface area contributed by atoms with Crippen molar-refractivity contribution in [2.24, 2.45) is 5.92 Å². The van der Waals surface area contributed by atoms with Crippen LogP contribution in [0, 0.1) is 5.92 Å². The summed E-state index contributed by atoms with van der Waals surface area (Å²) >= 11 is 0. The van der Waals surface area contributed by atoms with Crippen LogP contribution in [-0.2, 0) is 0 Å². The van der Waals surface area contributed by atoms with Gasteiger partial charge in [-0.25, -0.2) is 0 Å². The van der Waals surface area contributed by atoms with E-state index in [0.29, 0.717) is 0 Å². The fourth-order valence-corrected chi connectivity index (χ4v) is 3.07. The van der Waals surface area contributed by atoms with Crippen molar-refractivity contribution in [3.63, 3.8) is 0 Å². The first kappa shape index (κ1) is 16.5. The van der Waals surface area contributed by atoms with E-state index in [1.165, 1.54) is 31.1 Å². The second kappa shape index (κ2) is 8.57. The van der Waals surface area contributed by atoms with E-state index in [0.717, 1.165) is 29.8 Å². The predicted octanol–water partition coefficient (Wildman–Crippen LogP) is 5.18. The van der Waals surface area contributed by atoms with Gasteiger partial charge in [0, 0.05) is 12.1 Å². The molecule has 0 heterocycles. The molecule has 1 N–H and O–H groups in total. The van der Waals surface area contributed by atoms with E-state index in [9.17, 15) is 4.79 Å². The highest BCUT2D eigenvalue weighted by Gasteiger charge is 2.09. The third-order valence-electron chi connectivity index (χ3n) is 4.24. The number of rotatable bonds is 8. The van der Waals surface area contributed by atoms with Crippen molar-refractivity contribution in [3.05, 3.63) is 48.0 Å². The van der Waals surface area contributed by atoms with Crippen LogP contribution in [0.4, 0.5) is 0 Å². The highest BCUT2D eigenvalue weighted by molar-refractivity contribution is 5.98. The van der Waals surface area contributed by atoms with Gasteiger partial charge in [-0.05, 0) is 35.2 Å². The fraction of sp³-hybridized carbons (Fsp3) is 0.450. The molecule has 22 heavy (non-hydrogen) atoms. The van der Waals surface area contributed by atoms with Crippen molar-refractivity contribution in [2.45, 2.75) is 46.0 Å². The molecular weight excluding hydrogens is 270 g/mol. The van der Waals surface area contributed by atoms with Gasteiger partial charge in [-0.1, -0.05) is 69.9 Å². The molecule has 2 rings (SSSR count). The monoisotopic (exact) mass is 297 g/mol. The first-order valence-electron chi connectivity index (χ1n) is 8.51. The van der Waals surface area contributed by atoms with Gasteiger partial charge in [0.25, 0.3) is 5.91 Å². The maximum absolute atomic E-state index is 12.3. The second-order valence-electron chi connectivity index (χ2n) is 6.05. The SMILES string of the molecule is CCCC(CCC)CCNC(=O)c1ccc2ccccc2c1. The van der Waals surface area contributed by atoms with E-state index >= 15 is 0 Å². The Balaban J connectivity index is 1.90. The van der Waals surface area contributed by atoms with Crippen LogP contribution >= 0.6 is 0 Å². The number of carbonyl (C=O) groups excluding carboxylic acids is 1. The molecule has 2 nitrogen and oxygen atoms in total. The van der Waals surface area contributed by atoms with Crippen molar-refractivity contribution in [2.75, 3.05) is 6.54 Å². The Morgan fingerprint density at radius 3 is 2.32 bits per heavy atom. The highest BCUT2D eigenvalue weighted by atomic mass is 16.1. The first-order valence-corrected chi connectivity index (χ1v) is 8.51. The molecule has 0 saturated carbocycles. The zero-order valence-electron chi connectivity index (χ0n) is 13.8. The maximum atomic E-state index is 12.3. The minimum Gasteiger partial charge on any atom is -0.352 e. The molecule has 0 radical (unpaired) electrons. The molecule has 0 spiro atoms. The molecule has 0 saturated heterocycles. The molecular formula is C20H27NO. The van der Waals surface area contributed by atoms with Crippen molar-refractivity contribution in [3.8, 4) is 0 Å². The Kier molecular flexibility index (Phi) is 6.45. The number of hydrogen-bond donors (Lipinski definition) is 1. The van der Waals surface area contributed by atoms with E-state index < -0.39 is 0 Å². The van der Waals surface area contributed by atoms with Gasteiger partial charge in [-0.15, -0.1) is 0 Å². The van der Waals surface area contributed by atoms with Crippen LogP contribution in [0.15, 0.2) is 42.5 Å². The van der Waals surface area contributed by atoms with Crippen molar-refractivity contribution >= 4 is 16.7 Å². The van der Waals surface area contributed by atoms with E-state index in [2.05, 4.69) is 25.2 Å². The van der Waals surface area contributed by atoms with Gasteiger partial charge in [-0.3, -0.25) is 4.79 Å². The Bertz CT molecular complexity index is 599. The summed E-state index contributed by atoms with van der Waals surface area (Å²) in [6, 6.07) is 14.0. The summed E-state index contributed by atoms with van der Waals surface area (Å²) < 4.78 is 0. The van der Waals surface area contributed by atoms with E-state index in [1.807, 2.05) is 36.4 Å². The third kappa shape index (κ3) is 4.59. The van der Waals surface area contributed by atoms with Gasteiger partial charge in [0.1, 0.15) is 0 Å². The van der Waals surface area contributed by atoms with Crippen LogP contribution < -0.4 is 5.32 Å². The van der Waals surface area contributed by atoms with Gasteiger partial charge in [-0.2, -0.15) is 0 Å². The standard InChI is InChI=1S/C20H27NO/c1-3-7-16(8-4-2)13-14-21-20(22)19-12-11-17-9-5-6-10-18(17)15-19/h5-6,9-12,15-16H,3-4,7-8,13-14H2,1-2H3,(H,21,22). The number of nitrogens with one attached hydrogen (secondary N) is 1. The van der Waals surface area contributed by atoms with Crippen molar-refractivity contribution in [1.82, 2.24) is 5.32 Å².